The molecule has 3 aromatic rings. The molecule has 0 unspecified atom stereocenters. The highest BCUT2D eigenvalue weighted by Crippen LogP contribution is 2.43. The minimum atomic E-state index is -0.586. The van der Waals surface area contributed by atoms with Crippen LogP contribution in [0.15, 0.2) is 29.6 Å². The van der Waals surface area contributed by atoms with Gasteiger partial charge in [0.2, 0.25) is 5.91 Å². The Morgan fingerprint density at radius 3 is 2.62 bits per heavy atom. The number of nitrogen functional groups attached to an aromatic ring is 1. The maximum Gasteiger partial charge on any atom is 0.229 e. The van der Waals surface area contributed by atoms with Crippen molar-refractivity contribution in [1.29, 1.82) is 0 Å². The van der Waals surface area contributed by atoms with E-state index in [9.17, 15) is 4.79 Å². The summed E-state index contributed by atoms with van der Waals surface area (Å²) in [6.07, 6.45) is 3.58. The van der Waals surface area contributed by atoms with E-state index in [4.69, 9.17) is 28.9 Å². The molecule has 29 heavy (non-hydrogen) atoms. The molecule has 2 heterocycles. The number of thiazole rings is 1. The lowest BCUT2D eigenvalue weighted by molar-refractivity contribution is -0.123. The fourth-order valence-corrected chi connectivity index (χ4v) is 4.06. The third kappa shape index (κ3) is 4.83. The molecule has 2 aromatic heterocycles. The summed E-state index contributed by atoms with van der Waals surface area (Å²) in [5.41, 5.74) is 7.63. The molecule has 1 amide bonds. The summed E-state index contributed by atoms with van der Waals surface area (Å²) in [5.74, 6) is -0.175. The van der Waals surface area contributed by atoms with Crippen LogP contribution < -0.4 is 11.1 Å². The fourth-order valence-electron chi connectivity index (χ4n) is 2.42. The number of rotatable bonds is 4. The molecular formula is C19H19Cl2N5OS2. The van der Waals surface area contributed by atoms with Crippen LogP contribution in [0.2, 0.25) is 10.0 Å². The molecule has 0 atom stereocenters. The highest BCUT2D eigenvalue weighted by atomic mass is 35.5. The van der Waals surface area contributed by atoms with Gasteiger partial charge >= 0.3 is 0 Å². The monoisotopic (exact) mass is 467 g/mol. The Morgan fingerprint density at radius 1 is 1.24 bits per heavy atom. The summed E-state index contributed by atoms with van der Waals surface area (Å²) in [6, 6.07) is 5.10. The molecule has 1 aromatic carbocycles. The third-order valence-electron chi connectivity index (χ3n) is 3.91. The second-order valence-electron chi connectivity index (χ2n) is 7.18. The van der Waals surface area contributed by atoms with Gasteiger partial charge in [-0.25, -0.2) is 15.0 Å². The number of nitrogens with two attached hydrogens (primary N) is 1. The zero-order valence-corrected chi connectivity index (χ0v) is 19.4. The lowest BCUT2D eigenvalue weighted by Gasteiger charge is -2.19. The van der Waals surface area contributed by atoms with Crippen LogP contribution in [0.4, 0.5) is 10.8 Å². The van der Waals surface area contributed by atoms with Gasteiger partial charge in [-0.05, 0) is 24.5 Å². The molecule has 0 aliphatic carbocycles. The third-order valence-corrected chi connectivity index (χ3v) is 6.01. The van der Waals surface area contributed by atoms with E-state index in [1.54, 1.807) is 24.4 Å². The average molecular weight is 468 g/mol. The van der Waals surface area contributed by atoms with E-state index in [1.807, 2.05) is 27.0 Å². The van der Waals surface area contributed by atoms with Gasteiger partial charge in [0.25, 0.3) is 0 Å². The average Bonchev–Trinajstić information content (AvgIpc) is 3.05. The molecule has 3 N–H and O–H groups in total. The number of thioether (sulfide) groups is 1. The Labute approximate surface area is 187 Å². The molecule has 0 radical (unpaired) electrons. The molecule has 3 rings (SSSR count). The van der Waals surface area contributed by atoms with E-state index in [0.717, 1.165) is 4.88 Å². The smallest absolute Gasteiger partial charge is 0.229 e. The van der Waals surface area contributed by atoms with Gasteiger partial charge in [0.15, 0.2) is 10.3 Å². The number of anilines is 2. The molecule has 6 nitrogen and oxygen atoms in total. The van der Waals surface area contributed by atoms with Gasteiger partial charge in [-0.2, -0.15) is 0 Å². The van der Waals surface area contributed by atoms with Gasteiger partial charge in [-0.1, -0.05) is 67.1 Å². The number of nitrogens with one attached hydrogen (secondary N) is 1. The highest BCUT2D eigenvalue weighted by Gasteiger charge is 2.24. The second-order valence-corrected chi connectivity index (χ2v) is 9.80. The van der Waals surface area contributed by atoms with Gasteiger partial charge in [0.1, 0.15) is 0 Å². The summed E-state index contributed by atoms with van der Waals surface area (Å²) in [7, 11) is 0. The predicted molar refractivity (Wildman–Crippen MR) is 123 cm³/mol. The fraction of sp³-hybridized carbons (Fsp3) is 0.263. The number of hydrogen-bond acceptors (Lipinski definition) is 7. The van der Waals surface area contributed by atoms with Crippen molar-refractivity contribution < 1.29 is 4.79 Å². The first-order valence-corrected chi connectivity index (χ1v) is 11.3. The number of nitrogens with zero attached hydrogens (tertiary/aromatic N) is 3. The Kier molecular flexibility index (Phi) is 6.38. The van der Waals surface area contributed by atoms with Crippen LogP contribution in [0, 0.1) is 5.41 Å². The minimum Gasteiger partial charge on any atom is -0.375 e. The molecule has 0 aliphatic heterocycles. The van der Waals surface area contributed by atoms with E-state index in [0.29, 0.717) is 43.0 Å². The summed E-state index contributed by atoms with van der Waals surface area (Å²) in [4.78, 5) is 26.4. The highest BCUT2D eigenvalue weighted by molar-refractivity contribution is 7.98. The number of benzene rings is 1. The van der Waals surface area contributed by atoms with Crippen molar-refractivity contribution in [2.24, 2.45) is 5.41 Å². The number of carbonyl (C=O) groups is 1. The summed E-state index contributed by atoms with van der Waals surface area (Å²) in [5, 5.41) is 4.60. The quantitative estimate of drug-likeness (QED) is 0.368. The van der Waals surface area contributed by atoms with Crippen molar-refractivity contribution in [2.75, 3.05) is 17.3 Å². The van der Waals surface area contributed by atoms with Crippen molar-refractivity contribution in [3.63, 3.8) is 0 Å². The van der Waals surface area contributed by atoms with Gasteiger partial charge in [0, 0.05) is 22.2 Å². The summed E-state index contributed by atoms with van der Waals surface area (Å²) < 4.78 is 0. The molecule has 0 fully saturated rings. The Hall–Kier alpha value is -1.87. The molecule has 0 saturated carbocycles. The number of halogens is 2. The Bertz CT molecular complexity index is 1080. The van der Waals surface area contributed by atoms with E-state index in [2.05, 4.69) is 20.3 Å². The predicted octanol–water partition coefficient (Wildman–Crippen LogP) is 5.86. The normalized spacial score (nSPS) is 11.5. The van der Waals surface area contributed by atoms with Crippen LogP contribution in [0.25, 0.3) is 21.8 Å². The molecule has 152 valence electrons. The molecule has 0 spiro atoms. The maximum atomic E-state index is 12.4. The molecule has 0 bridgehead atoms. The zero-order chi connectivity index (χ0) is 21.3. The van der Waals surface area contributed by atoms with Gasteiger partial charge in [0.05, 0.1) is 27.0 Å². The van der Waals surface area contributed by atoms with E-state index < -0.39 is 5.41 Å². The van der Waals surface area contributed by atoms with Crippen molar-refractivity contribution in [3.8, 4) is 21.8 Å². The van der Waals surface area contributed by atoms with Crippen LogP contribution in [0.1, 0.15) is 20.8 Å². The first-order valence-electron chi connectivity index (χ1n) is 8.54. The second kappa shape index (κ2) is 8.47. The van der Waals surface area contributed by atoms with Crippen LogP contribution in [0.5, 0.6) is 0 Å². The number of hydrogen-bond donors (Lipinski definition) is 2. The van der Waals surface area contributed by atoms with E-state index in [1.165, 1.54) is 23.1 Å². The first kappa shape index (κ1) is 21.8. The number of amides is 1. The van der Waals surface area contributed by atoms with Gasteiger partial charge in [-0.3, -0.25) is 4.79 Å². The minimum absolute atomic E-state index is 0.175. The van der Waals surface area contributed by atoms with E-state index >= 15 is 0 Å². The van der Waals surface area contributed by atoms with Crippen molar-refractivity contribution in [3.05, 3.63) is 34.4 Å². The summed E-state index contributed by atoms with van der Waals surface area (Å²) >= 11 is 15.7. The van der Waals surface area contributed by atoms with Crippen molar-refractivity contribution >= 4 is 63.0 Å². The maximum absolute atomic E-state index is 12.4. The zero-order valence-electron chi connectivity index (χ0n) is 16.2. The van der Waals surface area contributed by atoms with Crippen molar-refractivity contribution in [2.45, 2.75) is 25.9 Å². The largest absolute Gasteiger partial charge is 0.375 e. The van der Waals surface area contributed by atoms with Crippen LogP contribution >= 0.6 is 46.3 Å². The van der Waals surface area contributed by atoms with Crippen LogP contribution in [-0.4, -0.2) is 27.1 Å². The van der Waals surface area contributed by atoms with Crippen LogP contribution in [-0.2, 0) is 4.79 Å². The van der Waals surface area contributed by atoms with Gasteiger partial charge in [-0.15, -0.1) is 0 Å². The summed E-state index contributed by atoms with van der Waals surface area (Å²) in [6.45, 7) is 5.46. The number of aromatic nitrogens is 3. The van der Waals surface area contributed by atoms with Gasteiger partial charge < -0.3 is 11.1 Å². The molecular weight excluding hydrogens is 449 g/mol. The first-order chi connectivity index (χ1) is 13.6. The lowest BCUT2D eigenvalue weighted by Crippen LogP contribution is -2.27. The van der Waals surface area contributed by atoms with E-state index in [-0.39, 0.29) is 5.91 Å². The van der Waals surface area contributed by atoms with Crippen LogP contribution in [0.3, 0.4) is 0 Å². The number of carbonyl (C=O) groups excluding carboxylic acids is 1. The Morgan fingerprint density at radius 2 is 1.97 bits per heavy atom. The topological polar surface area (TPSA) is 93.8 Å². The van der Waals surface area contributed by atoms with Crippen molar-refractivity contribution in [1.82, 2.24) is 15.0 Å². The molecule has 10 heteroatoms. The Balaban J connectivity index is 2.14. The SMILES string of the molecule is CSc1nccc(-c2sc(N)nc2-c2cc(Cl)cc(NC(=O)C(C)(C)C)c2Cl)n1. The lowest BCUT2D eigenvalue weighted by atomic mass is 9.95. The molecule has 0 saturated heterocycles. The molecule has 0 aliphatic rings. The standard InChI is InChI=1S/C19H19Cl2N5OS2/c1-19(2,3)16(27)24-12-8-9(20)7-10(13(12)21)14-15(29-17(22)26-14)11-5-6-23-18(25-11)28-4/h5-8H,1-4H3,(H2,22,26)(H,24,27).